The van der Waals surface area contributed by atoms with Gasteiger partial charge in [-0.3, -0.25) is 15.6 Å². The second-order valence-corrected chi connectivity index (χ2v) is 5.82. The summed E-state index contributed by atoms with van der Waals surface area (Å²) in [6.45, 7) is 1.75. The van der Waals surface area contributed by atoms with Gasteiger partial charge in [-0.25, -0.2) is 15.0 Å². The van der Waals surface area contributed by atoms with Crippen LogP contribution in [0.5, 0.6) is 5.88 Å². The Bertz CT molecular complexity index is 752. The van der Waals surface area contributed by atoms with Crippen molar-refractivity contribution in [2.75, 3.05) is 30.5 Å². The van der Waals surface area contributed by atoms with Crippen molar-refractivity contribution >= 4 is 29.4 Å². The SMILES string of the molecule is COc1ccnc(NNC(=O)c2nc(N3CCCCC3)ncc2Cl)n1. The molecule has 0 radical (unpaired) electrons. The van der Waals surface area contributed by atoms with Gasteiger partial charge in [0.05, 0.1) is 18.3 Å². The van der Waals surface area contributed by atoms with Crippen molar-refractivity contribution < 1.29 is 9.53 Å². The van der Waals surface area contributed by atoms with Gasteiger partial charge in [-0.15, -0.1) is 0 Å². The smallest absolute Gasteiger partial charge is 0.290 e. The summed E-state index contributed by atoms with van der Waals surface area (Å²) >= 11 is 6.08. The third-order valence-electron chi connectivity index (χ3n) is 3.71. The van der Waals surface area contributed by atoms with E-state index < -0.39 is 5.91 Å². The van der Waals surface area contributed by atoms with Crippen molar-refractivity contribution in [3.8, 4) is 5.88 Å². The molecule has 0 spiro atoms. The van der Waals surface area contributed by atoms with Crippen LogP contribution in [0.1, 0.15) is 29.8 Å². The molecule has 2 aromatic rings. The highest BCUT2D eigenvalue weighted by atomic mass is 35.5. The van der Waals surface area contributed by atoms with Crippen LogP contribution in [0.25, 0.3) is 0 Å². The number of nitrogens with one attached hydrogen (secondary N) is 2. The molecule has 0 saturated carbocycles. The molecule has 0 atom stereocenters. The number of halogens is 1. The summed E-state index contributed by atoms with van der Waals surface area (Å²) in [5.41, 5.74) is 5.17. The number of hydrogen-bond donors (Lipinski definition) is 2. The van der Waals surface area contributed by atoms with E-state index in [-0.39, 0.29) is 16.7 Å². The van der Waals surface area contributed by atoms with Crippen molar-refractivity contribution in [2.24, 2.45) is 0 Å². The number of rotatable bonds is 5. The molecule has 3 heterocycles. The van der Waals surface area contributed by atoms with Crippen LogP contribution in [0.2, 0.25) is 5.02 Å². The molecule has 2 N–H and O–H groups in total. The third-order valence-corrected chi connectivity index (χ3v) is 3.99. The quantitative estimate of drug-likeness (QED) is 0.773. The fourth-order valence-electron chi connectivity index (χ4n) is 2.45. The summed E-state index contributed by atoms with van der Waals surface area (Å²) < 4.78 is 5.00. The lowest BCUT2D eigenvalue weighted by Gasteiger charge is -2.26. The number of hydrogen-bond acceptors (Lipinski definition) is 8. The highest BCUT2D eigenvalue weighted by Crippen LogP contribution is 2.19. The van der Waals surface area contributed by atoms with Gasteiger partial charge in [0.25, 0.3) is 5.91 Å². The molecule has 0 bridgehead atoms. The van der Waals surface area contributed by atoms with E-state index in [9.17, 15) is 4.79 Å². The number of ether oxygens (including phenoxy) is 1. The van der Waals surface area contributed by atoms with Gasteiger partial charge in [0, 0.05) is 25.4 Å². The van der Waals surface area contributed by atoms with Crippen molar-refractivity contribution in [1.29, 1.82) is 0 Å². The molecule has 25 heavy (non-hydrogen) atoms. The molecule has 1 fully saturated rings. The molecule has 10 heteroatoms. The molecular weight excluding hydrogens is 346 g/mol. The molecule has 0 unspecified atom stereocenters. The first-order valence-electron chi connectivity index (χ1n) is 7.88. The summed E-state index contributed by atoms with van der Waals surface area (Å²) in [5.74, 6) is 0.567. The Morgan fingerprint density at radius 3 is 2.80 bits per heavy atom. The Balaban J connectivity index is 1.70. The zero-order chi connectivity index (χ0) is 17.6. The van der Waals surface area contributed by atoms with Crippen LogP contribution in [0.3, 0.4) is 0 Å². The second-order valence-electron chi connectivity index (χ2n) is 5.42. The summed E-state index contributed by atoms with van der Waals surface area (Å²) in [6, 6.07) is 1.60. The van der Waals surface area contributed by atoms with Crippen molar-refractivity contribution in [3.05, 3.63) is 29.2 Å². The summed E-state index contributed by atoms with van der Waals surface area (Å²) in [7, 11) is 1.49. The van der Waals surface area contributed by atoms with Gasteiger partial charge >= 0.3 is 0 Å². The third kappa shape index (κ3) is 4.24. The van der Waals surface area contributed by atoms with E-state index >= 15 is 0 Å². The number of piperidine rings is 1. The van der Waals surface area contributed by atoms with E-state index in [1.54, 1.807) is 6.07 Å². The van der Waals surface area contributed by atoms with E-state index in [2.05, 4.69) is 35.7 Å². The maximum absolute atomic E-state index is 12.4. The minimum Gasteiger partial charge on any atom is -0.481 e. The highest BCUT2D eigenvalue weighted by Gasteiger charge is 2.19. The number of hydrazine groups is 1. The monoisotopic (exact) mass is 363 g/mol. The molecule has 132 valence electrons. The number of methoxy groups -OCH3 is 1. The van der Waals surface area contributed by atoms with E-state index in [4.69, 9.17) is 16.3 Å². The van der Waals surface area contributed by atoms with Crippen LogP contribution in [0, 0.1) is 0 Å². The number of nitrogens with zero attached hydrogens (tertiary/aromatic N) is 5. The molecular formula is C15H18ClN7O2. The Labute approximate surface area is 149 Å². The van der Waals surface area contributed by atoms with Gasteiger partial charge in [0.15, 0.2) is 5.69 Å². The Morgan fingerprint density at radius 1 is 1.24 bits per heavy atom. The van der Waals surface area contributed by atoms with Gasteiger partial charge in [-0.05, 0) is 19.3 Å². The number of amides is 1. The molecule has 1 saturated heterocycles. The van der Waals surface area contributed by atoms with Crippen molar-refractivity contribution in [1.82, 2.24) is 25.4 Å². The average Bonchev–Trinajstić information content (AvgIpc) is 2.67. The van der Waals surface area contributed by atoms with Crippen LogP contribution in [-0.4, -0.2) is 46.0 Å². The first kappa shape index (κ1) is 17.2. The molecule has 2 aromatic heterocycles. The Morgan fingerprint density at radius 2 is 2.04 bits per heavy atom. The predicted octanol–water partition coefficient (Wildman–Crippen LogP) is 1.68. The molecule has 3 rings (SSSR count). The predicted molar refractivity (Wildman–Crippen MR) is 92.8 cm³/mol. The van der Waals surface area contributed by atoms with Crippen molar-refractivity contribution in [3.63, 3.8) is 0 Å². The fourth-order valence-corrected chi connectivity index (χ4v) is 2.63. The van der Waals surface area contributed by atoms with Gasteiger partial charge in [0.2, 0.25) is 17.8 Å². The lowest BCUT2D eigenvalue weighted by Crippen LogP contribution is -2.34. The van der Waals surface area contributed by atoms with Crippen LogP contribution in [0.4, 0.5) is 11.9 Å². The summed E-state index contributed by atoms with van der Waals surface area (Å²) in [4.78, 5) is 31.0. The first-order valence-corrected chi connectivity index (χ1v) is 8.26. The van der Waals surface area contributed by atoms with E-state index in [0.717, 1.165) is 25.9 Å². The second kappa shape index (κ2) is 7.93. The Kier molecular flexibility index (Phi) is 5.44. The number of aromatic nitrogens is 4. The Hall–Kier alpha value is -2.68. The maximum Gasteiger partial charge on any atom is 0.290 e. The van der Waals surface area contributed by atoms with Gasteiger partial charge < -0.3 is 9.64 Å². The van der Waals surface area contributed by atoms with Gasteiger partial charge in [0.1, 0.15) is 0 Å². The van der Waals surface area contributed by atoms with E-state index in [0.29, 0.717) is 11.8 Å². The minimum atomic E-state index is -0.503. The van der Waals surface area contributed by atoms with Gasteiger partial charge in [-0.2, -0.15) is 4.98 Å². The molecule has 1 aliphatic heterocycles. The summed E-state index contributed by atoms with van der Waals surface area (Å²) in [6.07, 6.45) is 6.31. The number of carbonyl (C=O) groups excluding carboxylic acids is 1. The van der Waals surface area contributed by atoms with Crippen LogP contribution < -0.4 is 20.5 Å². The molecule has 0 aliphatic carbocycles. The van der Waals surface area contributed by atoms with Crippen LogP contribution >= 0.6 is 11.6 Å². The lowest BCUT2D eigenvalue weighted by molar-refractivity contribution is 0.0957. The number of carbonyl (C=O) groups is 1. The van der Waals surface area contributed by atoms with E-state index in [1.807, 2.05) is 0 Å². The van der Waals surface area contributed by atoms with Crippen LogP contribution in [0.15, 0.2) is 18.5 Å². The number of anilines is 2. The summed E-state index contributed by atoms with van der Waals surface area (Å²) in [5, 5.41) is 0.173. The largest absolute Gasteiger partial charge is 0.481 e. The van der Waals surface area contributed by atoms with E-state index in [1.165, 1.54) is 25.9 Å². The zero-order valence-corrected chi connectivity index (χ0v) is 14.5. The molecule has 1 amide bonds. The minimum absolute atomic E-state index is 0.0904. The average molecular weight is 364 g/mol. The van der Waals surface area contributed by atoms with Gasteiger partial charge in [-0.1, -0.05) is 11.6 Å². The lowest BCUT2D eigenvalue weighted by atomic mass is 10.1. The first-order chi connectivity index (χ1) is 12.2. The molecule has 9 nitrogen and oxygen atoms in total. The van der Waals surface area contributed by atoms with Crippen molar-refractivity contribution in [2.45, 2.75) is 19.3 Å². The van der Waals surface area contributed by atoms with Crippen LogP contribution in [-0.2, 0) is 0 Å². The topological polar surface area (TPSA) is 105 Å². The molecule has 0 aromatic carbocycles. The zero-order valence-electron chi connectivity index (χ0n) is 13.7. The normalized spacial score (nSPS) is 14.1. The fraction of sp³-hybridized carbons (Fsp3) is 0.400. The molecule has 1 aliphatic rings. The standard InChI is InChI=1S/C15H18ClN7O2/c1-25-11-5-6-17-14(19-11)22-21-13(24)12-10(16)9-18-15(20-12)23-7-3-2-4-8-23/h5-6,9H,2-4,7-8H2,1H3,(H,21,24)(H,17,19,22). The maximum atomic E-state index is 12.4. The highest BCUT2D eigenvalue weighted by molar-refractivity contribution is 6.33.